The number of hydrogen-bond donors (Lipinski definition) is 1. The number of carbonyl (C=O) groups is 2. The van der Waals surface area contributed by atoms with E-state index in [1.165, 1.54) is 17.0 Å². The smallest absolute Gasteiger partial charge is 0.264 e. The Morgan fingerprint density at radius 3 is 2.11 bits per heavy atom. The second-order valence-corrected chi connectivity index (χ2v) is 13.2. The monoisotopic (exact) mass is 651 g/mol. The van der Waals surface area contributed by atoms with Crippen LogP contribution in [0.4, 0.5) is 5.69 Å². The van der Waals surface area contributed by atoms with E-state index in [4.69, 9.17) is 23.2 Å². The van der Waals surface area contributed by atoms with E-state index in [2.05, 4.69) is 5.32 Å². The zero-order chi connectivity index (χ0) is 31.7. The number of benzene rings is 4. The van der Waals surface area contributed by atoms with Crippen molar-refractivity contribution in [2.75, 3.05) is 17.4 Å². The molecule has 1 atom stereocenters. The van der Waals surface area contributed by atoms with Crippen LogP contribution in [0.3, 0.4) is 0 Å². The van der Waals surface area contributed by atoms with Gasteiger partial charge in [-0.15, -0.1) is 0 Å². The van der Waals surface area contributed by atoms with Crippen molar-refractivity contribution >= 4 is 50.7 Å². The van der Waals surface area contributed by atoms with Gasteiger partial charge in [-0.1, -0.05) is 90.3 Å². The molecule has 0 saturated carbocycles. The summed E-state index contributed by atoms with van der Waals surface area (Å²) in [6.07, 6.45) is 0.944. The van der Waals surface area contributed by atoms with Crippen LogP contribution in [0.5, 0.6) is 0 Å². The van der Waals surface area contributed by atoms with E-state index >= 15 is 0 Å². The lowest BCUT2D eigenvalue weighted by molar-refractivity contribution is -0.140. The molecule has 0 radical (unpaired) electrons. The minimum Gasteiger partial charge on any atom is -0.354 e. The fourth-order valence-corrected chi connectivity index (χ4v) is 6.48. The molecule has 44 heavy (non-hydrogen) atoms. The van der Waals surface area contributed by atoms with Crippen LogP contribution in [0.2, 0.25) is 10.0 Å². The van der Waals surface area contributed by atoms with Crippen molar-refractivity contribution in [2.24, 2.45) is 0 Å². The SMILES string of the molecule is CCCNC(=O)[C@H](Cc1ccccc1)N(Cc1cccc(Cl)c1)C(=O)CN(c1ccc(Cl)cc1)S(=O)(=O)c1ccc(C)cc1. The Hall–Kier alpha value is -3.85. The molecule has 0 unspecified atom stereocenters. The molecule has 0 bridgehead atoms. The second kappa shape index (κ2) is 15.2. The van der Waals surface area contributed by atoms with Crippen LogP contribution in [-0.2, 0) is 32.6 Å². The molecule has 7 nitrogen and oxygen atoms in total. The summed E-state index contributed by atoms with van der Waals surface area (Å²) in [4.78, 5) is 29.6. The number of carbonyl (C=O) groups excluding carboxylic acids is 2. The highest BCUT2D eigenvalue weighted by atomic mass is 35.5. The number of halogens is 2. The Morgan fingerprint density at radius 1 is 0.818 bits per heavy atom. The van der Waals surface area contributed by atoms with Crippen molar-refractivity contribution in [3.8, 4) is 0 Å². The Labute approximate surface area is 269 Å². The highest BCUT2D eigenvalue weighted by Gasteiger charge is 2.34. The molecule has 0 aliphatic rings. The van der Waals surface area contributed by atoms with E-state index in [1.807, 2.05) is 50.2 Å². The molecule has 0 fully saturated rings. The van der Waals surface area contributed by atoms with Gasteiger partial charge < -0.3 is 10.2 Å². The molecular weight excluding hydrogens is 617 g/mol. The fourth-order valence-electron chi connectivity index (χ4n) is 4.73. The lowest BCUT2D eigenvalue weighted by Crippen LogP contribution is -2.53. The number of aryl methyl sites for hydroxylation is 1. The molecule has 1 N–H and O–H groups in total. The largest absolute Gasteiger partial charge is 0.354 e. The van der Waals surface area contributed by atoms with Crippen LogP contribution in [-0.4, -0.2) is 44.3 Å². The molecule has 4 aromatic carbocycles. The molecule has 230 valence electrons. The molecule has 0 aliphatic heterocycles. The van der Waals surface area contributed by atoms with Gasteiger partial charge in [-0.25, -0.2) is 8.42 Å². The molecule has 4 aromatic rings. The standard InChI is InChI=1S/C34H35Cl2N3O4S/c1-3-20-37-34(41)32(22-26-8-5-4-6-9-26)38(23-27-10-7-11-29(36)21-27)33(40)24-39(30-16-14-28(35)15-17-30)44(42,43)31-18-12-25(2)13-19-31/h4-19,21,32H,3,20,22-24H2,1-2H3,(H,37,41)/t32-/m0/s1. The van der Waals surface area contributed by atoms with Crippen LogP contribution in [0.15, 0.2) is 108 Å². The van der Waals surface area contributed by atoms with Gasteiger partial charge in [0, 0.05) is 29.6 Å². The van der Waals surface area contributed by atoms with Crippen molar-refractivity contribution in [2.45, 2.75) is 44.2 Å². The van der Waals surface area contributed by atoms with Gasteiger partial charge in [0.2, 0.25) is 11.8 Å². The summed E-state index contributed by atoms with van der Waals surface area (Å²) in [5, 5.41) is 3.84. The van der Waals surface area contributed by atoms with Crippen molar-refractivity contribution in [3.63, 3.8) is 0 Å². The average Bonchev–Trinajstić information content (AvgIpc) is 3.01. The highest BCUT2D eigenvalue weighted by molar-refractivity contribution is 7.92. The minimum absolute atomic E-state index is 0.0359. The predicted molar refractivity (Wildman–Crippen MR) is 176 cm³/mol. The summed E-state index contributed by atoms with van der Waals surface area (Å²) in [5.74, 6) is -0.881. The van der Waals surface area contributed by atoms with Gasteiger partial charge >= 0.3 is 0 Å². The molecule has 4 rings (SSSR count). The van der Waals surface area contributed by atoms with Gasteiger partial charge in [0.15, 0.2) is 0 Å². The normalized spacial score (nSPS) is 11.9. The van der Waals surface area contributed by atoms with E-state index in [-0.39, 0.29) is 29.5 Å². The first-order chi connectivity index (χ1) is 21.1. The second-order valence-electron chi connectivity index (χ2n) is 10.4. The third-order valence-corrected chi connectivity index (χ3v) is 9.34. The van der Waals surface area contributed by atoms with Gasteiger partial charge in [-0.3, -0.25) is 13.9 Å². The van der Waals surface area contributed by atoms with Crippen LogP contribution >= 0.6 is 23.2 Å². The number of hydrogen-bond acceptors (Lipinski definition) is 4. The lowest BCUT2D eigenvalue weighted by Gasteiger charge is -2.34. The highest BCUT2D eigenvalue weighted by Crippen LogP contribution is 2.27. The van der Waals surface area contributed by atoms with E-state index in [9.17, 15) is 18.0 Å². The number of sulfonamides is 1. The maximum Gasteiger partial charge on any atom is 0.264 e. The molecular formula is C34H35Cl2N3O4S. The van der Waals surface area contributed by atoms with Crippen molar-refractivity contribution in [1.82, 2.24) is 10.2 Å². The Bertz CT molecular complexity index is 1670. The fraction of sp³-hybridized carbons (Fsp3) is 0.235. The zero-order valence-electron chi connectivity index (χ0n) is 24.6. The number of anilines is 1. The lowest BCUT2D eigenvalue weighted by atomic mass is 10.0. The Kier molecular flexibility index (Phi) is 11.4. The zero-order valence-corrected chi connectivity index (χ0v) is 26.9. The van der Waals surface area contributed by atoms with Gasteiger partial charge in [0.25, 0.3) is 10.0 Å². The summed E-state index contributed by atoms with van der Waals surface area (Å²) in [7, 11) is -4.19. The molecule has 0 heterocycles. The number of rotatable bonds is 13. The summed E-state index contributed by atoms with van der Waals surface area (Å²) >= 11 is 12.4. The molecule has 0 aromatic heterocycles. The van der Waals surface area contributed by atoms with Gasteiger partial charge in [-0.2, -0.15) is 0 Å². The van der Waals surface area contributed by atoms with E-state index in [1.54, 1.807) is 54.6 Å². The van der Waals surface area contributed by atoms with Crippen LogP contribution in [0, 0.1) is 6.92 Å². The third-order valence-electron chi connectivity index (χ3n) is 7.06. The topological polar surface area (TPSA) is 86.8 Å². The Morgan fingerprint density at radius 2 is 1.48 bits per heavy atom. The van der Waals surface area contributed by atoms with Crippen molar-refractivity contribution < 1.29 is 18.0 Å². The third kappa shape index (κ3) is 8.62. The summed E-state index contributed by atoms with van der Waals surface area (Å²) in [5.41, 5.74) is 2.72. The van der Waals surface area contributed by atoms with Crippen LogP contribution < -0.4 is 9.62 Å². The van der Waals surface area contributed by atoms with Crippen molar-refractivity contribution in [1.29, 1.82) is 0 Å². The average molecular weight is 653 g/mol. The Balaban J connectivity index is 1.79. The molecule has 0 saturated heterocycles. The summed E-state index contributed by atoms with van der Waals surface area (Å²) in [6, 6.07) is 28.2. The van der Waals surface area contributed by atoms with E-state index < -0.39 is 28.5 Å². The van der Waals surface area contributed by atoms with Crippen molar-refractivity contribution in [3.05, 3.63) is 130 Å². The van der Waals surface area contributed by atoms with Gasteiger partial charge in [0.1, 0.15) is 12.6 Å². The minimum atomic E-state index is -4.19. The van der Waals surface area contributed by atoms with Gasteiger partial charge in [0.05, 0.1) is 10.6 Å². The first-order valence-electron chi connectivity index (χ1n) is 14.3. The first kappa shape index (κ1) is 33.1. The summed E-state index contributed by atoms with van der Waals surface area (Å²) in [6.45, 7) is 3.73. The number of nitrogens with zero attached hydrogens (tertiary/aromatic N) is 2. The van der Waals surface area contributed by atoms with Gasteiger partial charge in [-0.05, 0) is 73.0 Å². The van der Waals surface area contributed by atoms with Crippen LogP contribution in [0.25, 0.3) is 0 Å². The quantitative estimate of drug-likeness (QED) is 0.175. The summed E-state index contributed by atoms with van der Waals surface area (Å²) < 4.78 is 29.2. The predicted octanol–water partition coefficient (Wildman–Crippen LogP) is 6.66. The molecule has 0 aliphatic carbocycles. The molecule has 2 amide bonds. The molecule has 10 heteroatoms. The van der Waals surface area contributed by atoms with Crippen LogP contribution in [0.1, 0.15) is 30.0 Å². The molecule has 0 spiro atoms. The number of nitrogens with one attached hydrogen (secondary N) is 1. The maximum absolute atomic E-state index is 14.4. The number of amides is 2. The van der Waals surface area contributed by atoms with E-state index in [0.717, 1.165) is 15.4 Å². The first-order valence-corrected chi connectivity index (χ1v) is 16.5. The van der Waals surface area contributed by atoms with E-state index in [0.29, 0.717) is 28.6 Å². The maximum atomic E-state index is 14.4.